The molecule has 1 saturated heterocycles. The summed E-state index contributed by atoms with van der Waals surface area (Å²) in [5, 5.41) is 9.83. The van der Waals surface area contributed by atoms with Crippen molar-refractivity contribution in [3.63, 3.8) is 0 Å². The predicted molar refractivity (Wildman–Crippen MR) is 79.6 cm³/mol. The largest absolute Gasteiger partial charge is 0.396 e. The second-order valence-electron chi connectivity index (χ2n) is 6.32. The maximum atomic E-state index is 9.83. The van der Waals surface area contributed by atoms with Crippen LogP contribution in [-0.4, -0.2) is 34.8 Å². The van der Waals surface area contributed by atoms with E-state index in [0.29, 0.717) is 11.9 Å². The van der Waals surface area contributed by atoms with Gasteiger partial charge >= 0.3 is 0 Å². The van der Waals surface area contributed by atoms with E-state index in [9.17, 15) is 5.11 Å². The summed E-state index contributed by atoms with van der Waals surface area (Å²) in [7, 11) is 0. The number of aryl methyl sites for hydroxylation is 1. The summed E-state index contributed by atoms with van der Waals surface area (Å²) in [6.07, 6.45) is 4.46. The molecule has 110 valence electrons. The summed E-state index contributed by atoms with van der Waals surface area (Å²) in [5.74, 6) is 1.92. The zero-order valence-electron chi connectivity index (χ0n) is 12.4. The standard InChI is InChI=1S/C15H24N4O/c1-3-12-10(2)13(18-14(16)17-12)19-7-11-5-4-6-15(11,8-19)9-20/h11,20H,3-9H2,1-2H3,(H2,16,17,18)/t11-,15+/m0/s1. The van der Waals surface area contributed by atoms with E-state index >= 15 is 0 Å². The molecule has 5 nitrogen and oxygen atoms in total. The molecule has 0 radical (unpaired) electrons. The number of rotatable bonds is 3. The summed E-state index contributed by atoms with van der Waals surface area (Å²) < 4.78 is 0. The second-order valence-corrected chi connectivity index (χ2v) is 6.32. The van der Waals surface area contributed by atoms with Gasteiger partial charge in [0.15, 0.2) is 0 Å². The van der Waals surface area contributed by atoms with E-state index in [0.717, 1.165) is 43.0 Å². The summed E-state index contributed by atoms with van der Waals surface area (Å²) in [6, 6.07) is 0. The monoisotopic (exact) mass is 276 g/mol. The molecule has 1 aliphatic heterocycles. The van der Waals surface area contributed by atoms with Gasteiger partial charge in [-0.05, 0) is 32.1 Å². The summed E-state index contributed by atoms with van der Waals surface area (Å²) in [6.45, 7) is 6.34. The van der Waals surface area contributed by atoms with Crippen LogP contribution in [0.5, 0.6) is 0 Å². The first-order valence-electron chi connectivity index (χ1n) is 7.58. The van der Waals surface area contributed by atoms with E-state index in [1.807, 2.05) is 0 Å². The maximum absolute atomic E-state index is 9.83. The van der Waals surface area contributed by atoms with Gasteiger partial charge in [0, 0.05) is 24.1 Å². The molecule has 2 fully saturated rings. The number of hydrogen-bond acceptors (Lipinski definition) is 5. The Morgan fingerprint density at radius 1 is 1.45 bits per heavy atom. The molecule has 0 bridgehead atoms. The third-order valence-electron chi connectivity index (χ3n) is 5.23. The smallest absolute Gasteiger partial charge is 0.222 e. The van der Waals surface area contributed by atoms with Crippen molar-refractivity contribution in [2.45, 2.75) is 39.5 Å². The fourth-order valence-electron chi connectivity index (χ4n) is 4.05. The van der Waals surface area contributed by atoms with Crippen molar-refractivity contribution < 1.29 is 5.11 Å². The van der Waals surface area contributed by atoms with Crippen LogP contribution in [-0.2, 0) is 6.42 Å². The Balaban J connectivity index is 1.94. The molecule has 3 rings (SSSR count). The van der Waals surface area contributed by atoms with E-state index in [-0.39, 0.29) is 12.0 Å². The van der Waals surface area contributed by atoms with Crippen LogP contribution < -0.4 is 10.6 Å². The van der Waals surface area contributed by atoms with Crippen molar-refractivity contribution in [3.8, 4) is 0 Å². The van der Waals surface area contributed by atoms with Crippen LogP contribution in [0.15, 0.2) is 0 Å². The number of aromatic nitrogens is 2. The number of aliphatic hydroxyl groups is 1. The van der Waals surface area contributed by atoms with Gasteiger partial charge in [-0.3, -0.25) is 0 Å². The average molecular weight is 276 g/mol. The Kier molecular flexibility index (Phi) is 3.32. The quantitative estimate of drug-likeness (QED) is 0.875. The lowest BCUT2D eigenvalue weighted by Gasteiger charge is -2.27. The Morgan fingerprint density at radius 2 is 2.25 bits per heavy atom. The molecule has 1 aromatic heterocycles. The fraction of sp³-hybridized carbons (Fsp3) is 0.733. The molecule has 20 heavy (non-hydrogen) atoms. The summed E-state index contributed by atoms with van der Waals surface area (Å²) >= 11 is 0. The molecular weight excluding hydrogens is 252 g/mol. The second kappa shape index (κ2) is 4.88. The molecule has 3 N–H and O–H groups in total. The van der Waals surface area contributed by atoms with Gasteiger partial charge in [-0.1, -0.05) is 13.3 Å². The van der Waals surface area contributed by atoms with Crippen LogP contribution in [0.4, 0.5) is 11.8 Å². The SMILES string of the molecule is CCc1nc(N)nc(N2C[C@@H]3CCC[C@]3(CO)C2)c1C. The van der Waals surface area contributed by atoms with Gasteiger partial charge in [-0.25, -0.2) is 4.98 Å². The minimum absolute atomic E-state index is 0.0819. The molecule has 0 spiro atoms. The zero-order valence-corrected chi connectivity index (χ0v) is 12.4. The average Bonchev–Trinajstić information content (AvgIpc) is 2.97. The lowest BCUT2D eigenvalue weighted by Crippen LogP contribution is -2.31. The molecule has 1 aromatic rings. The van der Waals surface area contributed by atoms with Gasteiger partial charge in [0.2, 0.25) is 5.95 Å². The molecule has 0 unspecified atom stereocenters. The van der Waals surface area contributed by atoms with Crippen LogP contribution in [0.1, 0.15) is 37.4 Å². The molecule has 0 aromatic carbocycles. The Bertz CT molecular complexity index is 519. The number of nitrogen functional groups attached to an aromatic ring is 1. The number of fused-ring (bicyclic) bond motifs is 1. The lowest BCUT2D eigenvalue weighted by molar-refractivity contribution is 0.121. The van der Waals surface area contributed by atoms with Crippen molar-refractivity contribution in [2.75, 3.05) is 30.3 Å². The van der Waals surface area contributed by atoms with Gasteiger partial charge in [0.1, 0.15) is 5.82 Å². The Morgan fingerprint density at radius 3 is 2.90 bits per heavy atom. The molecule has 1 aliphatic carbocycles. The Labute approximate surface area is 120 Å². The highest BCUT2D eigenvalue weighted by molar-refractivity contribution is 5.52. The van der Waals surface area contributed by atoms with Crippen LogP contribution in [0.2, 0.25) is 0 Å². The van der Waals surface area contributed by atoms with E-state index in [1.165, 1.54) is 12.8 Å². The first kappa shape index (κ1) is 13.6. The number of anilines is 2. The van der Waals surface area contributed by atoms with Gasteiger partial charge < -0.3 is 15.7 Å². The van der Waals surface area contributed by atoms with E-state index in [4.69, 9.17) is 5.73 Å². The maximum Gasteiger partial charge on any atom is 0.222 e. The highest BCUT2D eigenvalue weighted by atomic mass is 16.3. The summed E-state index contributed by atoms with van der Waals surface area (Å²) in [4.78, 5) is 11.1. The highest BCUT2D eigenvalue weighted by Gasteiger charge is 2.49. The molecule has 2 aliphatic rings. The first-order chi connectivity index (χ1) is 9.59. The van der Waals surface area contributed by atoms with Crippen LogP contribution in [0.25, 0.3) is 0 Å². The minimum Gasteiger partial charge on any atom is -0.396 e. The van der Waals surface area contributed by atoms with Crippen molar-refractivity contribution in [1.29, 1.82) is 0 Å². The van der Waals surface area contributed by atoms with Crippen molar-refractivity contribution in [3.05, 3.63) is 11.3 Å². The highest BCUT2D eigenvalue weighted by Crippen LogP contribution is 2.49. The number of nitrogens with two attached hydrogens (primary N) is 1. The van der Waals surface area contributed by atoms with Gasteiger partial charge in [-0.2, -0.15) is 4.98 Å². The van der Waals surface area contributed by atoms with Crippen molar-refractivity contribution in [1.82, 2.24) is 9.97 Å². The third-order valence-corrected chi connectivity index (χ3v) is 5.23. The van der Waals surface area contributed by atoms with E-state index < -0.39 is 0 Å². The minimum atomic E-state index is 0.0819. The number of aliphatic hydroxyl groups excluding tert-OH is 1. The van der Waals surface area contributed by atoms with Crippen LogP contribution in [0.3, 0.4) is 0 Å². The molecule has 2 atom stereocenters. The Hall–Kier alpha value is -1.36. The van der Waals surface area contributed by atoms with Crippen LogP contribution >= 0.6 is 0 Å². The van der Waals surface area contributed by atoms with Gasteiger partial charge in [0.05, 0.1) is 12.3 Å². The molecule has 2 heterocycles. The molecular formula is C15H24N4O. The first-order valence-corrected chi connectivity index (χ1v) is 7.58. The van der Waals surface area contributed by atoms with Crippen molar-refractivity contribution >= 4 is 11.8 Å². The van der Waals surface area contributed by atoms with Gasteiger partial charge in [-0.15, -0.1) is 0 Å². The number of hydrogen-bond donors (Lipinski definition) is 2. The molecule has 0 amide bonds. The zero-order chi connectivity index (χ0) is 14.3. The van der Waals surface area contributed by atoms with Gasteiger partial charge in [0.25, 0.3) is 0 Å². The predicted octanol–water partition coefficient (Wildman–Crippen LogP) is 1.53. The molecule has 1 saturated carbocycles. The summed E-state index contributed by atoms with van der Waals surface area (Å²) in [5.41, 5.74) is 8.10. The fourth-order valence-corrected chi connectivity index (χ4v) is 4.05. The molecule has 5 heteroatoms. The van der Waals surface area contributed by atoms with E-state index in [2.05, 4.69) is 28.7 Å². The number of nitrogens with zero attached hydrogens (tertiary/aromatic N) is 3. The van der Waals surface area contributed by atoms with Crippen molar-refractivity contribution in [2.24, 2.45) is 11.3 Å². The van der Waals surface area contributed by atoms with Crippen LogP contribution in [0, 0.1) is 18.3 Å². The normalized spacial score (nSPS) is 28.9. The van der Waals surface area contributed by atoms with E-state index in [1.54, 1.807) is 0 Å². The topological polar surface area (TPSA) is 75.3 Å². The third kappa shape index (κ3) is 1.95. The lowest BCUT2D eigenvalue weighted by atomic mass is 9.82.